The van der Waals surface area contributed by atoms with E-state index in [2.05, 4.69) is 111 Å². The van der Waals surface area contributed by atoms with Gasteiger partial charge in [-0.05, 0) is 94.2 Å². The highest BCUT2D eigenvalue weighted by molar-refractivity contribution is 5.90. The molecule has 0 amide bonds. The standard InChI is InChI=1S/C47H68N10O/c1-29(2)19-41-37(23-50)45(35-11-7-33(21-48)8-12-35)39(31(5)54-41)25-56-17-15-52-43(27-56)47(58)44-28-57(18-16-53-44)26-40-32(6)55-42(20-30(3)4)38(24-51)46(40)36-13-9-34(22-49)10-14-36/h7-14,29-30,43-44,52-53H,15-28,48-51H2,1-6H3. The number of ketones is 1. The average molecular weight is 789 g/mol. The highest BCUT2D eigenvalue weighted by Crippen LogP contribution is 2.35. The zero-order valence-electron chi connectivity index (χ0n) is 35.8. The van der Waals surface area contributed by atoms with Gasteiger partial charge in [0, 0.05) is 101 Å². The van der Waals surface area contributed by atoms with Crippen LogP contribution in [0.1, 0.15) is 83.9 Å². The van der Waals surface area contributed by atoms with Crippen LogP contribution in [0.15, 0.2) is 48.5 Å². The second-order valence-corrected chi connectivity index (χ2v) is 17.2. The Hall–Kier alpha value is -3.91. The monoisotopic (exact) mass is 789 g/mol. The SMILES string of the molecule is Cc1nc(CC(C)C)c(CN)c(-c2ccc(CN)cc2)c1CN1CCNC(C(=O)C2CN(Cc3c(C)nc(CC(C)C)c(CN)c3-c3ccc(CN)cc3)CCN2)C1. The number of rotatable bonds is 16. The third-order valence-corrected chi connectivity index (χ3v) is 11.9. The number of Topliss-reactive ketones (excluding diaryl/α,β-unsaturated/α-hetero) is 1. The number of benzene rings is 2. The number of pyridine rings is 2. The van der Waals surface area contributed by atoms with Gasteiger partial charge in [-0.3, -0.25) is 24.6 Å². The van der Waals surface area contributed by atoms with E-state index >= 15 is 0 Å². The molecule has 4 aromatic rings. The maximum Gasteiger partial charge on any atom is 0.169 e. The predicted octanol–water partition coefficient (Wildman–Crippen LogP) is 4.48. The molecule has 0 saturated carbocycles. The molecule has 0 bridgehead atoms. The number of carbonyl (C=O) groups excluding carboxylic acids is 1. The summed E-state index contributed by atoms with van der Waals surface area (Å²) < 4.78 is 0. The molecule has 2 unspecified atom stereocenters. The molecule has 2 aromatic heterocycles. The molecule has 312 valence electrons. The van der Waals surface area contributed by atoms with Crippen LogP contribution in [-0.4, -0.2) is 76.9 Å². The van der Waals surface area contributed by atoms with Gasteiger partial charge < -0.3 is 33.6 Å². The maximum absolute atomic E-state index is 14.4. The lowest BCUT2D eigenvalue weighted by Gasteiger charge is -2.38. The van der Waals surface area contributed by atoms with Crippen molar-refractivity contribution in [3.05, 3.63) is 105 Å². The first kappa shape index (κ1) is 43.7. The second kappa shape index (κ2) is 19.9. The van der Waals surface area contributed by atoms with Crippen molar-refractivity contribution < 1.29 is 4.79 Å². The average Bonchev–Trinajstić information content (AvgIpc) is 3.22. The van der Waals surface area contributed by atoms with E-state index in [-0.39, 0.29) is 17.9 Å². The van der Waals surface area contributed by atoms with Crippen molar-refractivity contribution >= 4 is 5.78 Å². The van der Waals surface area contributed by atoms with Crippen LogP contribution in [-0.2, 0) is 56.9 Å². The molecule has 0 spiro atoms. The summed E-state index contributed by atoms with van der Waals surface area (Å²) in [5, 5.41) is 7.16. The van der Waals surface area contributed by atoms with E-state index in [4.69, 9.17) is 32.9 Å². The molecule has 2 aromatic carbocycles. The summed E-state index contributed by atoms with van der Waals surface area (Å²) in [5.74, 6) is 1.12. The number of piperazine rings is 2. The molecule has 11 nitrogen and oxygen atoms in total. The molecule has 58 heavy (non-hydrogen) atoms. The van der Waals surface area contributed by atoms with Crippen LogP contribution in [0, 0.1) is 25.7 Å². The zero-order chi connectivity index (χ0) is 41.5. The van der Waals surface area contributed by atoms with Gasteiger partial charge in [-0.25, -0.2) is 0 Å². The highest BCUT2D eigenvalue weighted by atomic mass is 16.1. The molecule has 2 aliphatic rings. The molecule has 11 heteroatoms. The van der Waals surface area contributed by atoms with Gasteiger partial charge in [0.15, 0.2) is 5.78 Å². The fourth-order valence-electron chi connectivity index (χ4n) is 8.92. The van der Waals surface area contributed by atoms with Crippen LogP contribution in [0.3, 0.4) is 0 Å². The van der Waals surface area contributed by atoms with E-state index in [0.717, 1.165) is 95.2 Å². The van der Waals surface area contributed by atoms with E-state index in [1.165, 1.54) is 22.3 Å². The predicted molar refractivity (Wildman–Crippen MR) is 237 cm³/mol. The fourth-order valence-corrected chi connectivity index (χ4v) is 8.92. The molecule has 0 aliphatic carbocycles. The van der Waals surface area contributed by atoms with E-state index in [1.54, 1.807) is 0 Å². The van der Waals surface area contributed by atoms with Crippen LogP contribution < -0.4 is 33.6 Å². The molecular formula is C47H68N10O. The fraction of sp³-hybridized carbons (Fsp3) is 0.511. The molecule has 0 radical (unpaired) electrons. The maximum atomic E-state index is 14.4. The first-order valence-electron chi connectivity index (χ1n) is 21.4. The van der Waals surface area contributed by atoms with Crippen molar-refractivity contribution in [3.8, 4) is 22.3 Å². The van der Waals surface area contributed by atoms with Gasteiger partial charge in [-0.15, -0.1) is 0 Å². The number of nitrogens with zero attached hydrogens (tertiary/aromatic N) is 4. The Morgan fingerprint density at radius 3 is 1.33 bits per heavy atom. The van der Waals surface area contributed by atoms with Gasteiger partial charge >= 0.3 is 0 Å². The highest BCUT2D eigenvalue weighted by Gasteiger charge is 2.34. The quantitative estimate of drug-likeness (QED) is 0.0945. The van der Waals surface area contributed by atoms with E-state index in [9.17, 15) is 4.79 Å². The third-order valence-electron chi connectivity index (χ3n) is 11.9. The molecule has 2 fully saturated rings. The summed E-state index contributed by atoms with van der Waals surface area (Å²) in [7, 11) is 0. The first-order chi connectivity index (χ1) is 27.9. The van der Waals surface area contributed by atoms with Crippen LogP contribution in [0.4, 0.5) is 0 Å². The van der Waals surface area contributed by atoms with Gasteiger partial charge in [-0.1, -0.05) is 76.2 Å². The van der Waals surface area contributed by atoms with Crippen LogP contribution in [0.5, 0.6) is 0 Å². The molecule has 10 N–H and O–H groups in total. The Labute approximate surface area is 346 Å². The summed E-state index contributed by atoms with van der Waals surface area (Å²) >= 11 is 0. The van der Waals surface area contributed by atoms with Crippen molar-refractivity contribution in [3.63, 3.8) is 0 Å². The number of aryl methyl sites for hydroxylation is 2. The lowest BCUT2D eigenvalue weighted by atomic mass is 9.89. The Morgan fingerprint density at radius 2 is 1.00 bits per heavy atom. The Morgan fingerprint density at radius 1 is 0.621 bits per heavy atom. The minimum absolute atomic E-state index is 0.208. The molecule has 2 saturated heterocycles. The summed E-state index contributed by atoms with van der Waals surface area (Å²) in [6, 6.07) is 16.5. The van der Waals surface area contributed by atoms with Gasteiger partial charge in [0.2, 0.25) is 0 Å². The topological polar surface area (TPSA) is 177 Å². The Bertz CT molecular complexity index is 1870. The van der Waals surface area contributed by atoms with Crippen molar-refractivity contribution in [2.75, 3.05) is 39.3 Å². The van der Waals surface area contributed by atoms with Crippen molar-refractivity contribution in [2.24, 2.45) is 34.8 Å². The first-order valence-corrected chi connectivity index (χ1v) is 21.4. The number of hydrogen-bond donors (Lipinski definition) is 6. The van der Waals surface area contributed by atoms with E-state index < -0.39 is 0 Å². The van der Waals surface area contributed by atoms with E-state index in [0.29, 0.717) is 64.2 Å². The molecule has 2 aliphatic heterocycles. The lowest BCUT2D eigenvalue weighted by Crippen LogP contribution is -2.62. The van der Waals surface area contributed by atoms with Gasteiger partial charge in [0.25, 0.3) is 0 Å². The molecule has 2 atom stereocenters. The van der Waals surface area contributed by atoms with Gasteiger partial charge in [-0.2, -0.15) is 0 Å². The molecule has 4 heterocycles. The van der Waals surface area contributed by atoms with Gasteiger partial charge in [0.1, 0.15) is 0 Å². The lowest BCUT2D eigenvalue weighted by molar-refractivity contribution is -0.125. The van der Waals surface area contributed by atoms with Crippen LogP contribution in [0.2, 0.25) is 0 Å². The van der Waals surface area contributed by atoms with Crippen LogP contribution in [0.25, 0.3) is 22.3 Å². The van der Waals surface area contributed by atoms with Crippen molar-refractivity contribution in [1.29, 1.82) is 0 Å². The smallest absolute Gasteiger partial charge is 0.169 e. The Kier molecular flexibility index (Phi) is 15.0. The van der Waals surface area contributed by atoms with E-state index in [1.807, 2.05) is 0 Å². The number of nitrogens with one attached hydrogen (secondary N) is 2. The number of nitrogens with two attached hydrogens (primary N) is 4. The largest absolute Gasteiger partial charge is 0.326 e. The zero-order valence-corrected chi connectivity index (χ0v) is 35.8. The van der Waals surface area contributed by atoms with Crippen LogP contribution >= 0.6 is 0 Å². The third kappa shape index (κ3) is 10.1. The molecular weight excluding hydrogens is 721 g/mol. The Balaban J connectivity index is 1.23. The number of hydrogen-bond acceptors (Lipinski definition) is 11. The minimum atomic E-state index is -0.292. The van der Waals surface area contributed by atoms with Gasteiger partial charge in [0.05, 0.1) is 12.1 Å². The minimum Gasteiger partial charge on any atom is -0.326 e. The van der Waals surface area contributed by atoms with Crippen molar-refractivity contribution in [2.45, 2.75) is 106 Å². The number of aromatic nitrogens is 2. The van der Waals surface area contributed by atoms with Crippen molar-refractivity contribution in [1.82, 2.24) is 30.4 Å². The number of carbonyl (C=O) groups is 1. The molecule has 6 rings (SSSR count). The summed E-state index contributed by atoms with van der Waals surface area (Å²) in [4.78, 5) is 29.6. The summed E-state index contributed by atoms with van der Waals surface area (Å²) in [6.45, 7) is 20.7. The second-order valence-electron chi connectivity index (χ2n) is 17.2. The summed E-state index contributed by atoms with van der Waals surface area (Å²) in [6.07, 6.45) is 1.74. The normalized spacial score (nSPS) is 18.1. The summed E-state index contributed by atoms with van der Waals surface area (Å²) in [5.41, 5.74) is 40.5.